The van der Waals surface area contributed by atoms with Crippen molar-refractivity contribution in [2.24, 2.45) is 0 Å². The Hall–Kier alpha value is -2.84. The third kappa shape index (κ3) is 3.25. The Morgan fingerprint density at radius 3 is 2.39 bits per heavy atom. The minimum atomic E-state index is -0.994. The van der Waals surface area contributed by atoms with Crippen LogP contribution in [0.5, 0.6) is 0 Å². The number of hydrogen-bond donors (Lipinski definition) is 0. The van der Waals surface area contributed by atoms with Crippen LogP contribution in [0.25, 0.3) is 6.08 Å². The number of carbonyl (C=O) groups excluding carboxylic acids is 3. The molecule has 0 radical (unpaired) electrons. The smallest absolute Gasteiger partial charge is 0.266 e. The lowest BCUT2D eigenvalue weighted by Crippen LogP contribution is -2.44. The summed E-state index contributed by atoms with van der Waals surface area (Å²) in [4.78, 5) is 40.8. The molecule has 1 atom stereocenters. The van der Waals surface area contributed by atoms with Gasteiger partial charge in [0.05, 0.1) is 17.0 Å². The Labute approximate surface area is 169 Å². The van der Waals surface area contributed by atoms with E-state index in [1.165, 1.54) is 29.2 Å². The van der Waals surface area contributed by atoms with Crippen LogP contribution in [0, 0.1) is 5.82 Å². The highest BCUT2D eigenvalue weighted by Crippen LogP contribution is 2.37. The fourth-order valence-electron chi connectivity index (χ4n) is 3.13. The number of thioether (sulfide) groups is 1. The number of nitrogens with zero attached hydrogens (tertiary/aromatic N) is 2. The van der Waals surface area contributed by atoms with Gasteiger partial charge in [-0.3, -0.25) is 19.3 Å². The molecule has 0 saturated carbocycles. The number of thiocarbonyl (C=S) groups is 1. The molecule has 1 unspecified atom stereocenters. The van der Waals surface area contributed by atoms with Crippen LogP contribution in [0.1, 0.15) is 12.0 Å². The molecule has 2 heterocycles. The van der Waals surface area contributed by atoms with Gasteiger partial charge in [0, 0.05) is 0 Å². The van der Waals surface area contributed by atoms with Gasteiger partial charge in [0.1, 0.15) is 16.2 Å². The molecule has 2 saturated heterocycles. The summed E-state index contributed by atoms with van der Waals surface area (Å²) in [5, 5.41) is 0. The number of hydrogen-bond acceptors (Lipinski definition) is 5. The van der Waals surface area contributed by atoms with Gasteiger partial charge in [-0.25, -0.2) is 9.29 Å². The third-order valence-electron chi connectivity index (χ3n) is 4.44. The predicted octanol–water partition coefficient (Wildman–Crippen LogP) is 3.36. The van der Waals surface area contributed by atoms with E-state index in [1.807, 2.05) is 30.3 Å². The first kappa shape index (κ1) is 18.5. The van der Waals surface area contributed by atoms with Crippen LogP contribution in [0.4, 0.5) is 10.1 Å². The van der Waals surface area contributed by atoms with Crippen molar-refractivity contribution in [2.75, 3.05) is 4.90 Å². The summed E-state index contributed by atoms with van der Waals surface area (Å²) in [5.41, 5.74) is 1.11. The zero-order valence-electron chi connectivity index (χ0n) is 14.4. The predicted molar refractivity (Wildman–Crippen MR) is 109 cm³/mol. The first-order valence-corrected chi connectivity index (χ1v) is 9.62. The first-order chi connectivity index (χ1) is 13.5. The van der Waals surface area contributed by atoms with E-state index in [1.54, 1.807) is 6.08 Å². The molecule has 0 aliphatic carbocycles. The maximum absolute atomic E-state index is 13.1. The van der Waals surface area contributed by atoms with Gasteiger partial charge in [-0.05, 0) is 35.9 Å². The maximum Gasteiger partial charge on any atom is 0.266 e. The molecule has 4 rings (SSSR count). The summed E-state index contributed by atoms with van der Waals surface area (Å²) in [5.74, 6) is -1.87. The molecule has 2 aromatic rings. The van der Waals surface area contributed by atoms with Crippen LogP contribution in [0.2, 0.25) is 0 Å². The van der Waals surface area contributed by atoms with Crippen LogP contribution in [-0.4, -0.2) is 33.0 Å². The molecular weight excluding hydrogens is 399 g/mol. The largest absolute Gasteiger partial charge is 0.280 e. The van der Waals surface area contributed by atoms with Crippen LogP contribution in [-0.2, 0) is 14.4 Å². The average molecular weight is 412 g/mol. The minimum absolute atomic E-state index is 0.165. The second-order valence-corrected chi connectivity index (χ2v) is 7.90. The second-order valence-electron chi connectivity index (χ2n) is 6.23. The SMILES string of the molecule is O=C1CC(N2C(=O)/C(=C/c3ccccc3)SC2=S)C(=O)N1c1ccc(F)cc1. The summed E-state index contributed by atoms with van der Waals surface area (Å²) in [6.07, 6.45) is 1.54. The standard InChI is InChI=1S/C20H13FN2O3S2/c21-13-6-8-14(9-7-13)22-17(24)11-15(18(22)25)23-19(26)16(28-20(23)27)10-12-4-2-1-3-5-12/h1-10,15H,11H2/b16-10-. The van der Waals surface area contributed by atoms with Gasteiger partial charge >= 0.3 is 0 Å². The Kier molecular flexibility index (Phi) is 4.82. The molecular formula is C20H13FN2O3S2. The van der Waals surface area contributed by atoms with E-state index < -0.39 is 29.6 Å². The van der Waals surface area contributed by atoms with Crippen LogP contribution in [0.3, 0.4) is 0 Å². The zero-order chi connectivity index (χ0) is 19.8. The van der Waals surface area contributed by atoms with Crippen molar-refractivity contribution in [2.45, 2.75) is 12.5 Å². The lowest BCUT2D eigenvalue weighted by atomic mass is 10.2. The van der Waals surface area contributed by atoms with Gasteiger partial charge in [-0.1, -0.05) is 54.3 Å². The molecule has 8 heteroatoms. The fourth-order valence-corrected chi connectivity index (χ4v) is 4.48. The van der Waals surface area contributed by atoms with Gasteiger partial charge in [0.2, 0.25) is 5.91 Å². The monoisotopic (exact) mass is 412 g/mol. The van der Waals surface area contributed by atoms with Crippen LogP contribution < -0.4 is 4.90 Å². The van der Waals surface area contributed by atoms with E-state index in [9.17, 15) is 18.8 Å². The molecule has 140 valence electrons. The number of amides is 3. The van der Waals surface area contributed by atoms with Crippen LogP contribution >= 0.6 is 24.0 Å². The summed E-state index contributed by atoms with van der Waals surface area (Å²) < 4.78 is 13.4. The molecule has 2 fully saturated rings. The number of carbonyl (C=O) groups is 3. The van der Waals surface area contributed by atoms with E-state index >= 15 is 0 Å². The van der Waals surface area contributed by atoms with Crippen molar-refractivity contribution >= 4 is 57.8 Å². The highest BCUT2D eigenvalue weighted by atomic mass is 32.2. The topological polar surface area (TPSA) is 57.7 Å². The van der Waals surface area contributed by atoms with E-state index in [0.29, 0.717) is 4.91 Å². The van der Waals surface area contributed by atoms with E-state index in [0.717, 1.165) is 22.2 Å². The first-order valence-electron chi connectivity index (χ1n) is 8.40. The van der Waals surface area contributed by atoms with Gasteiger partial charge in [-0.2, -0.15) is 0 Å². The van der Waals surface area contributed by atoms with Crippen molar-refractivity contribution in [1.82, 2.24) is 4.90 Å². The Morgan fingerprint density at radius 1 is 1.04 bits per heavy atom. The molecule has 2 aliphatic heterocycles. The summed E-state index contributed by atoms with van der Waals surface area (Å²) >= 11 is 6.41. The van der Waals surface area contributed by atoms with Crippen molar-refractivity contribution in [3.05, 3.63) is 70.9 Å². The normalized spacial score (nSPS) is 21.3. The number of anilines is 1. The summed E-state index contributed by atoms with van der Waals surface area (Å²) in [7, 11) is 0. The van der Waals surface area contributed by atoms with Crippen molar-refractivity contribution in [1.29, 1.82) is 0 Å². The average Bonchev–Trinajstić information content (AvgIpc) is 3.12. The highest BCUT2D eigenvalue weighted by molar-refractivity contribution is 8.26. The third-order valence-corrected chi connectivity index (χ3v) is 5.77. The zero-order valence-corrected chi connectivity index (χ0v) is 16.0. The van der Waals surface area contributed by atoms with E-state index in [4.69, 9.17) is 12.2 Å². The molecule has 0 N–H and O–H groups in total. The summed E-state index contributed by atoms with van der Waals surface area (Å²) in [6, 6.07) is 13.3. The van der Waals surface area contributed by atoms with E-state index in [2.05, 4.69) is 0 Å². The van der Waals surface area contributed by atoms with Crippen molar-refractivity contribution < 1.29 is 18.8 Å². The molecule has 0 spiro atoms. The fraction of sp³-hybridized carbons (Fsp3) is 0.100. The number of benzene rings is 2. The van der Waals surface area contributed by atoms with Crippen LogP contribution in [0.15, 0.2) is 59.5 Å². The molecule has 0 aromatic heterocycles. The molecule has 0 bridgehead atoms. The van der Waals surface area contributed by atoms with Gasteiger partial charge in [-0.15, -0.1) is 0 Å². The Balaban J connectivity index is 1.61. The Bertz CT molecular complexity index is 1020. The maximum atomic E-state index is 13.1. The highest BCUT2D eigenvalue weighted by Gasteiger charge is 2.48. The molecule has 5 nitrogen and oxygen atoms in total. The number of imide groups is 1. The molecule has 2 aliphatic rings. The quantitative estimate of drug-likeness (QED) is 0.440. The lowest BCUT2D eigenvalue weighted by molar-refractivity contribution is -0.129. The Morgan fingerprint density at radius 2 is 1.71 bits per heavy atom. The number of halogens is 1. The summed E-state index contributed by atoms with van der Waals surface area (Å²) in [6.45, 7) is 0. The van der Waals surface area contributed by atoms with Crippen molar-refractivity contribution in [3.63, 3.8) is 0 Å². The van der Waals surface area contributed by atoms with Gasteiger partial charge in [0.15, 0.2) is 0 Å². The minimum Gasteiger partial charge on any atom is -0.280 e. The number of rotatable bonds is 3. The molecule has 3 amide bonds. The second kappa shape index (κ2) is 7.29. The van der Waals surface area contributed by atoms with Crippen molar-refractivity contribution in [3.8, 4) is 0 Å². The van der Waals surface area contributed by atoms with Gasteiger partial charge in [0.25, 0.3) is 11.8 Å². The van der Waals surface area contributed by atoms with E-state index in [-0.39, 0.29) is 16.4 Å². The molecule has 28 heavy (non-hydrogen) atoms. The molecule has 2 aromatic carbocycles. The lowest BCUT2D eigenvalue weighted by Gasteiger charge is -2.21. The van der Waals surface area contributed by atoms with Gasteiger partial charge < -0.3 is 0 Å².